The number of carbonyl (C=O) groups is 3. The van der Waals surface area contributed by atoms with Crippen molar-refractivity contribution in [3.63, 3.8) is 0 Å². The zero-order chi connectivity index (χ0) is 22.0. The first-order valence-corrected chi connectivity index (χ1v) is 9.12. The molecule has 0 spiro atoms. The van der Waals surface area contributed by atoms with Crippen molar-refractivity contribution in [1.82, 2.24) is 15.1 Å². The number of hydrogen-bond acceptors (Lipinski definition) is 9. The third-order valence-electron chi connectivity index (χ3n) is 4.57. The van der Waals surface area contributed by atoms with Gasteiger partial charge in [0.05, 0.1) is 22.5 Å². The van der Waals surface area contributed by atoms with Gasteiger partial charge in [0.25, 0.3) is 23.4 Å². The third kappa shape index (κ3) is 4.01. The minimum absolute atomic E-state index is 0.0300. The van der Waals surface area contributed by atoms with Crippen LogP contribution in [0.4, 0.5) is 5.69 Å². The van der Waals surface area contributed by atoms with Crippen LogP contribution < -0.4 is 0 Å². The Hall–Kier alpha value is -4.41. The van der Waals surface area contributed by atoms with E-state index in [4.69, 9.17) is 9.15 Å². The van der Waals surface area contributed by atoms with Crippen molar-refractivity contribution in [2.45, 2.75) is 13.0 Å². The molecule has 0 saturated heterocycles. The van der Waals surface area contributed by atoms with Crippen LogP contribution in [-0.4, -0.2) is 44.3 Å². The number of ether oxygens (including phenoxy) is 1. The number of amides is 2. The minimum Gasteiger partial charge on any atom is -0.456 e. The van der Waals surface area contributed by atoms with Crippen LogP contribution in [0.2, 0.25) is 0 Å². The lowest BCUT2D eigenvalue weighted by molar-refractivity contribution is -0.384. The molecule has 1 aromatic heterocycles. The molecule has 0 atom stereocenters. The molecule has 11 heteroatoms. The molecular weight excluding hydrogens is 408 g/mol. The van der Waals surface area contributed by atoms with Gasteiger partial charge in [0.2, 0.25) is 5.89 Å². The molecule has 11 nitrogen and oxygen atoms in total. The lowest BCUT2D eigenvalue weighted by Crippen LogP contribution is -2.32. The molecule has 3 aromatic rings. The number of carbonyl (C=O) groups excluding carboxylic acids is 3. The largest absolute Gasteiger partial charge is 0.456 e. The van der Waals surface area contributed by atoms with Crippen LogP contribution in [0.5, 0.6) is 0 Å². The number of fused-ring (bicyclic) bond motifs is 1. The summed E-state index contributed by atoms with van der Waals surface area (Å²) in [6.45, 7) is -0.399. The van der Waals surface area contributed by atoms with Crippen LogP contribution in [0, 0.1) is 10.1 Å². The number of esters is 1. The second-order valence-corrected chi connectivity index (χ2v) is 6.52. The van der Waals surface area contributed by atoms with Crippen LogP contribution >= 0.6 is 0 Å². The molecule has 31 heavy (non-hydrogen) atoms. The van der Waals surface area contributed by atoms with E-state index in [2.05, 4.69) is 10.2 Å². The molecule has 0 radical (unpaired) electrons. The Morgan fingerprint density at radius 1 is 1.03 bits per heavy atom. The SMILES string of the molecule is O=C(CCN1C(=O)c2ccccc2C1=O)OCc1nnc(-c2ccc([N+](=O)[O-])cc2)o1. The zero-order valence-electron chi connectivity index (χ0n) is 15.9. The third-order valence-corrected chi connectivity index (χ3v) is 4.57. The van der Waals surface area contributed by atoms with Crippen molar-refractivity contribution in [2.75, 3.05) is 6.54 Å². The van der Waals surface area contributed by atoms with E-state index in [0.717, 1.165) is 4.90 Å². The predicted molar refractivity (Wildman–Crippen MR) is 103 cm³/mol. The summed E-state index contributed by atoms with van der Waals surface area (Å²) in [4.78, 5) is 47.7. The average molecular weight is 422 g/mol. The number of non-ortho nitro benzene ring substituents is 1. The molecule has 0 fully saturated rings. The summed E-state index contributed by atoms with van der Waals surface area (Å²) < 4.78 is 10.4. The number of nitrogens with zero attached hydrogens (tertiary/aromatic N) is 4. The monoisotopic (exact) mass is 422 g/mol. The van der Waals surface area contributed by atoms with E-state index < -0.39 is 22.7 Å². The fourth-order valence-corrected chi connectivity index (χ4v) is 3.01. The van der Waals surface area contributed by atoms with Crippen molar-refractivity contribution in [3.8, 4) is 11.5 Å². The molecule has 1 aliphatic rings. The normalized spacial score (nSPS) is 12.7. The molecule has 1 aliphatic heterocycles. The fraction of sp³-hybridized carbons (Fsp3) is 0.150. The van der Waals surface area contributed by atoms with Crippen molar-refractivity contribution in [1.29, 1.82) is 0 Å². The maximum Gasteiger partial charge on any atom is 0.308 e. The quantitative estimate of drug-likeness (QED) is 0.242. The Kier molecular flexibility index (Phi) is 5.22. The van der Waals surface area contributed by atoms with Gasteiger partial charge in [-0.3, -0.25) is 29.4 Å². The zero-order valence-corrected chi connectivity index (χ0v) is 15.9. The number of hydrogen-bond donors (Lipinski definition) is 0. The second kappa shape index (κ2) is 8.14. The second-order valence-electron chi connectivity index (χ2n) is 6.52. The first-order chi connectivity index (χ1) is 14.9. The van der Waals surface area contributed by atoms with Gasteiger partial charge in [-0.1, -0.05) is 12.1 Å². The summed E-state index contributed by atoms with van der Waals surface area (Å²) in [5.41, 5.74) is 1.02. The summed E-state index contributed by atoms with van der Waals surface area (Å²) >= 11 is 0. The molecule has 0 unspecified atom stereocenters. The highest BCUT2D eigenvalue weighted by Crippen LogP contribution is 2.23. The summed E-state index contributed by atoms with van der Waals surface area (Å²) in [7, 11) is 0. The summed E-state index contributed by atoms with van der Waals surface area (Å²) in [6.07, 6.45) is -0.186. The van der Waals surface area contributed by atoms with Gasteiger partial charge in [-0.15, -0.1) is 10.2 Å². The lowest BCUT2D eigenvalue weighted by atomic mass is 10.1. The first kappa shape index (κ1) is 19.9. The molecule has 2 aromatic carbocycles. The molecule has 0 N–H and O–H groups in total. The van der Waals surface area contributed by atoms with Gasteiger partial charge in [0.1, 0.15) is 0 Å². The van der Waals surface area contributed by atoms with Gasteiger partial charge >= 0.3 is 5.97 Å². The number of nitro groups is 1. The van der Waals surface area contributed by atoms with Gasteiger partial charge < -0.3 is 9.15 Å². The maximum atomic E-state index is 12.3. The Balaban J connectivity index is 1.29. The van der Waals surface area contributed by atoms with Crippen molar-refractivity contribution < 1.29 is 28.5 Å². The van der Waals surface area contributed by atoms with Crippen molar-refractivity contribution >= 4 is 23.5 Å². The fourth-order valence-electron chi connectivity index (χ4n) is 3.01. The number of aromatic nitrogens is 2. The Labute approximate surface area is 174 Å². The Morgan fingerprint density at radius 2 is 1.68 bits per heavy atom. The van der Waals surface area contributed by atoms with Gasteiger partial charge in [-0.2, -0.15) is 0 Å². The van der Waals surface area contributed by atoms with E-state index in [9.17, 15) is 24.5 Å². The highest BCUT2D eigenvalue weighted by atomic mass is 16.6. The predicted octanol–water partition coefficient (Wildman–Crippen LogP) is 2.37. The van der Waals surface area contributed by atoms with E-state index in [-0.39, 0.29) is 37.0 Å². The van der Waals surface area contributed by atoms with Gasteiger partial charge in [0.15, 0.2) is 6.61 Å². The van der Waals surface area contributed by atoms with E-state index in [0.29, 0.717) is 16.7 Å². The van der Waals surface area contributed by atoms with E-state index in [1.807, 2.05) is 0 Å². The van der Waals surface area contributed by atoms with Crippen molar-refractivity contribution in [3.05, 3.63) is 75.7 Å². The maximum absolute atomic E-state index is 12.3. The van der Waals surface area contributed by atoms with E-state index in [1.165, 1.54) is 24.3 Å². The van der Waals surface area contributed by atoms with Gasteiger partial charge in [-0.25, -0.2) is 0 Å². The molecule has 2 heterocycles. The average Bonchev–Trinajstić information content (AvgIpc) is 3.35. The summed E-state index contributed by atoms with van der Waals surface area (Å²) in [6, 6.07) is 12.0. The van der Waals surface area contributed by atoms with Gasteiger partial charge in [-0.05, 0) is 24.3 Å². The summed E-state index contributed by atoms with van der Waals surface area (Å²) in [5.74, 6) is -1.39. The standard InChI is InChI=1S/C20H14N4O7/c25-17(9-10-23-19(26)14-3-1-2-4-15(14)20(23)27)30-11-16-21-22-18(31-16)12-5-7-13(8-6-12)24(28)29/h1-8H,9-11H2. The Morgan fingerprint density at radius 3 is 2.29 bits per heavy atom. The number of rotatable bonds is 7. The first-order valence-electron chi connectivity index (χ1n) is 9.12. The van der Waals surface area contributed by atoms with Crippen molar-refractivity contribution in [2.24, 2.45) is 0 Å². The van der Waals surface area contributed by atoms with Crippen LogP contribution in [0.15, 0.2) is 52.9 Å². The van der Waals surface area contributed by atoms with Crippen LogP contribution in [0.3, 0.4) is 0 Å². The van der Waals surface area contributed by atoms with Gasteiger partial charge in [0, 0.05) is 24.2 Å². The molecule has 0 bridgehead atoms. The highest BCUT2D eigenvalue weighted by Gasteiger charge is 2.35. The lowest BCUT2D eigenvalue weighted by Gasteiger charge is -2.12. The van der Waals surface area contributed by atoms with E-state index >= 15 is 0 Å². The number of nitro benzene ring substituents is 1. The van der Waals surface area contributed by atoms with Crippen LogP contribution in [0.25, 0.3) is 11.5 Å². The highest BCUT2D eigenvalue weighted by molar-refractivity contribution is 6.21. The van der Waals surface area contributed by atoms with Crippen LogP contribution in [-0.2, 0) is 16.1 Å². The molecule has 0 aliphatic carbocycles. The van der Waals surface area contributed by atoms with Crippen LogP contribution in [0.1, 0.15) is 33.0 Å². The number of benzene rings is 2. The summed E-state index contributed by atoms with van der Waals surface area (Å²) in [5, 5.41) is 18.3. The molecule has 0 saturated carbocycles. The topological polar surface area (TPSA) is 146 Å². The molecule has 2 amide bonds. The Bertz CT molecular complexity index is 1150. The number of imide groups is 1. The minimum atomic E-state index is -0.647. The molecule has 156 valence electrons. The van der Waals surface area contributed by atoms with E-state index in [1.54, 1.807) is 24.3 Å². The smallest absolute Gasteiger partial charge is 0.308 e. The molecule has 4 rings (SSSR count). The molecular formula is C20H14N4O7.